The Balaban J connectivity index is 1.87. The highest BCUT2D eigenvalue weighted by Crippen LogP contribution is 2.20. The van der Waals surface area contributed by atoms with E-state index in [1.165, 1.54) is 12.1 Å². The third-order valence-corrected chi connectivity index (χ3v) is 4.68. The first-order valence-electron chi connectivity index (χ1n) is 8.83. The summed E-state index contributed by atoms with van der Waals surface area (Å²) in [5, 5.41) is 3.02. The maximum Gasteiger partial charge on any atom is 0.268 e. The average molecular weight is 368 g/mol. The van der Waals surface area contributed by atoms with Gasteiger partial charge in [0, 0.05) is 12.2 Å². The van der Waals surface area contributed by atoms with E-state index in [1.807, 2.05) is 61.7 Å². The van der Waals surface area contributed by atoms with E-state index in [0.717, 1.165) is 22.9 Å². The van der Waals surface area contributed by atoms with Gasteiger partial charge in [0.2, 0.25) is 0 Å². The van der Waals surface area contributed by atoms with E-state index >= 15 is 0 Å². The minimum absolute atomic E-state index is 0.148. The van der Waals surface area contributed by atoms with Gasteiger partial charge in [-0.25, -0.2) is 8.78 Å². The number of aromatic nitrogens is 1. The van der Waals surface area contributed by atoms with E-state index in [9.17, 15) is 13.6 Å². The van der Waals surface area contributed by atoms with E-state index in [-0.39, 0.29) is 11.9 Å². The third-order valence-electron chi connectivity index (χ3n) is 4.68. The monoisotopic (exact) mass is 368 g/mol. The molecule has 0 radical (unpaired) electrons. The number of halogens is 2. The Labute approximate surface area is 157 Å². The topological polar surface area (TPSA) is 34.0 Å². The van der Waals surface area contributed by atoms with Crippen LogP contribution < -0.4 is 5.32 Å². The van der Waals surface area contributed by atoms with Gasteiger partial charge in [0.15, 0.2) is 11.6 Å². The van der Waals surface area contributed by atoms with Crippen LogP contribution in [0.25, 0.3) is 0 Å². The SMILES string of the molecule is Cc1cc(C)n(Cc2ccc(F)c(F)c2)c1C(=O)NC(C)c1ccccc1. The summed E-state index contributed by atoms with van der Waals surface area (Å²) in [6, 6.07) is 15.3. The number of hydrogen-bond donors (Lipinski definition) is 1. The van der Waals surface area contributed by atoms with Crippen LogP contribution in [0.1, 0.15) is 45.8 Å². The second-order valence-corrected chi connectivity index (χ2v) is 6.76. The van der Waals surface area contributed by atoms with Crippen LogP contribution in [0.5, 0.6) is 0 Å². The maximum absolute atomic E-state index is 13.5. The third kappa shape index (κ3) is 4.08. The van der Waals surface area contributed by atoms with Gasteiger partial charge in [-0.2, -0.15) is 0 Å². The van der Waals surface area contributed by atoms with Crippen molar-refractivity contribution in [1.29, 1.82) is 0 Å². The molecule has 1 amide bonds. The molecule has 3 rings (SSSR count). The first kappa shape index (κ1) is 18.8. The van der Waals surface area contributed by atoms with Crippen molar-refractivity contribution in [2.45, 2.75) is 33.4 Å². The number of nitrogens with one attached hydrogen (secondary N) is 1. The van der Waals surface area contributed by atoms with Crippen molar-refractivity contribution in [3.63, 3.8) is 0 Å². The lowest BCUT2D eigenvalue weighted by Crippen LogP contribution is -2.29. The fraction of sp³-hybridized carbons (Fsp3) is 0.227. The molecule has 140 valence electrons. The van der Waals surface area contributed by atoms with Gasteiger partial charge in [0.05, 0.1) is 6.04 Å². The van der Waals surface area contributed by atoms with Gasteiger partial charge in [-0.15, -0.1) is 0 Å². The van der Waals surface area contributed by atoms with Crippen LogP contribution in [-0.2, 0) is 6.54 Å². The van der Waals surface area contributed by atoms with Crippen LogP contribution in [-0.4, -0.2) is 10.5 Å². The van der Waals surface area contributed by atoms with Crippen molar-refractivity contribution in [3.05, 3.63) is 94.3 Å². The summed E-state index contributed by atoms with van der Waals surface area (Å²) in [5.74, 6) is -1.97. The summed E-state index contributed by atoms with van der Waals surface area (Å²) in [5.41, 5.74) is 3.86. The van der Waals surface area contributed by atoms with Crippen molar-refractivity contribution in [2.75, 3.05) is 0 Å². The number of benzene rings is 2. The molecule has 0 aliphatic carbocycles. The molecule has 1 N–H and O–H groups in total. The second-order valence-electron chi connectivity index (χ2n) is 6.76. The summed E-state index contributed by atoms with van der Waals surface area (Å²) in [7, 11) is 0. The van der Waals surface area contributed by atoms with E-state index in [1.54, 1.807) is 0 Å². The first-order valence-corrected chi connectivity index (χ1v) is 8.83. The largest absolute Gasteiger partial charge is 0.344 e. The molecule has 0 bridgehead atoms. The molecule has 0 aliphatic rings. The molecule has 5 heteroatoms. The summed E-state index contributed by atoms with van der Waals surface area (Å²) >= 11 is 0. The van der Waals surface area contributed by atoms with Crippen molar-refractivity contribution in [3.8, 4) is 0 Å². The number of aryl methyl sites for hydroxylation is 2. The number of amides is 1. The Hall–Kier alpha value is -2.95. The molecule has 1 aromatic heterocycles. The minimum Gasteiger partial charge on any atom is -0.344 e. The fourth-order valence-corrected chi connectivity index (χ4v) is 3.26. The van der Waals surface area contributed by atoms with E-state index < -0.39 is 11.6 Å². The Morgan fingerprint density at radius 1 is 1.04 bits per heavy atom. The van der Waals surface area contributed by atoms with Gasteiger partial charge in [-0.05, 0) is 55.7 Å². The summed E-state index contributed by atoms with van der Waals surface area (Å²) < 4.78 is 28.6. The Morgan fingerprint density at radius 2 is 1.74 bits per heavy atom. The zero-order valence-corrected chi connectivity index (χ0v) is 15.6. The van der Waals surface area contributed by atoms with Crippen molar-refractivity contribution < 1.29 is 13.6 Å². The summed E-state index contributed by atoms with van der Waals surface area (Å²) in [6.45, 7) is 5.98. The number of nitrogens with zero attached hydrogens (tertiary/aromatic N) is 1. The molecule has 1 heterocycles. The predicted molar refractivity (Wildman–Crippen MR) is 102 cm³/mol. The summed E-state index contributed by atoms with van der Waals surface area (Å²) in [4.78, 5) is 12.9. The fourth-order valence-electron chi connectivity index (χ4n) is 3.26. The molecule has 0 saturated heterocycles. The van der Waals surface area contributed by atoms with Gasteiger partial charge in [0.1, 0.15) is 5.69 Å². The van der Waals surface area contributed by atoms with Crippen molar-refractivity contribution >= 4 is 5.91 Å². The Kier molecular flexibility index (Phi) is 5.40. The average Bonchev–Trinajstić information content (AvgIpc) is 2.92. The lowest BCUT2D eigenvalue weighted by molar-refractivity contribution is 0.0930. The first-order chi connectivity index (χ1) is 12.9. The van der Waals surface area contributed by atoms with Crippen LogP contribution in [0, 0.1) is 25.5 Å². The molecule has 0 saturated carbocycles. The highest BCUT2D eigenvalue weighted by Gasteiger charge is 2.20. The van der Waals surface area contributed by atoms with Crippen LogP contribution in [0.4, 0.5) is 8.78 Å². The normalized spacial score (nSPS) is 12.0. The van der Waals surface area contributed by atoms with Crippen LogP contribution in [0.3, 0.4) is 0 Å². The Morgan fingerprint density at radius 3 is 2.41 bits per heavy atom. The molecule has 2 aromatic carbocycles. The standard InChI is InChI=1S/C22H22F2N2O/c1-14-11-15(2)26(13-17-9-10-19(23)20(24)12-17)21(14)22(27)25-16(3)18-7-5-4-6-8-18/h4-12,16H,13H2,1-3H3,(H,25,27). The van der Waals surface area contributed by atoms with Crippen LogP contribution in [0.2, 0.25) is 0 Å². The lowest BCUT2D eigenvalue weighted by atomic mass is 10.1. The van der Waals surface area contributed by atoms with Crippen molar-refractivity contribution in [2.24, 2.45) is 0 Å². The smallest absolute Gasteiger partial charge is 0.268 e. The highest BCUT2D eigenvalue weighted by molar-refractivity contribution is 5.94. The van der Waals surface area contributed by atoms with Crippen molar-refractivity contribution in [1.82, 2.24) is 9.88 Å². The highest BCUT2D eigenvalue weighted by atomic mass is 19.2. The molecule has 3 nitrogen and oxygen atoms in total. The van der Waals surface area contributed by atoms with E-state index in [2.05, 4.69) is 5.32 Å². The lowest BCUT2D eigenvalue weighted by Gasteiger charge is -2.17. The number of carbonyl (C=O) groups is 1. The zero-order chi connectivity index (χ0) is 19.6. The van der Waals surface area contributed by atoms with Gasteiger partial charge >= 0.3 is 0 Å². The quantitative estimate of drug-likeness (QED) is 0.681. The van der Waals surface area contributed by atoms with Crippen LogP contribution in [0.15, 0.2) is 54.6 Å². The number of hydrogen-bond acceptors (Lipinski definition) is 1. The molecule has 1 unspecified atom stereocenters. The van der Waals surface area contributed by atoms with Gasteiger partial charge < -0.3 is 9.88 Å². The van der Waals surface area contributed by atoms with Gasteiger partial charge in [0.25, 0.3) is 5.91 Å². The van der Waals surface area contributed by atoms with Crippen LogP contribution >= 0.6 is 0 Å². The summed E-state index contributed by atoms with van der Waals surface area (Å²) in [6.07, 6.45) is 0. The molecular weight excluding hydrogens is 346 g/mol. The Bertz CT molecular complexity index is 964. The van der Waals surface area contributed by atoms with Gasteiger partial charge in [-0.3, -0.25) is 4.79 Å². The number of rotatable bonds is 5. The van der Waals surface area contributed by atoms with Gasteiger partial charge in [-0.1, -0.05) is 36.4 Å². The molecule has 1 atom stereocenters. The maximum atomic E-state index is 13.5. The molecule has 0 aliphatic heterocycles. The predicted octanol–water partition coefficient (Wildman–Crippen LogP) is 4.92. The molecule has 3 aromatic rings. The van der Waals surface area contributed by atoms with E-state index in [0.29, 0.717) is 17.8 Å². The molecule has 27 heavy (non-hydrogen) atoms. The molecular formula is C22H22F2N2O. The molecule has 0 spiro atoms. The van der Waals surface area contributed by atoms with E-state index in [4.69, 9.17) is 0 Å². The second kappa shape index (κ2) is 7.74. The molecule has 0 fully saturated rings. The number of carbonyl (C=O) groups excluding carboxylic acids is 1. The zero-order valence-electron chi connectivity index (χ0n) is 15.6. The minimum atomic E-state index is -0.891.